The van der Waals surface area contributed by atoms with E-state index in [-0.39, 0.29) is 13.0 Å². The lowest BCUT2D eigenvalue weighted by molar-refractivity contribution is -0.122. The van der Waals surface area contributed by atoms with Gasteiger partial charge in [0.1, 0.15) is 11.9 Å². The minimum Gasteiger partial charge on any atom is -0.469 e. The number of rotatable bonds is 3. The van der Waals surface area contributed by atoms with Crippen LogP contribution in [0.15, 0.2) is 16.7 Å². The third-order valence-electron chi connectivity index (χ3n) is 3.02. The number of nitrogens with zero attached hydrogens (tertiary/aromatic N) is 1. The van der Waals surface area contributed by atoms with E-state index in [0.29, 0.717) is 6.54 Å². The molecule has 88 valence electrons. The van der Waals surface area contributed by atoms with Crippen LogP contribution >= 0.6 is 0 Å². The molecule has 2 rings (SSSR count). The highest BCUT2D eigenvalue weighted by Gasteiger charge is 2.35. The maximum Gasteiger partial charge on any atom is 0.234 e. The summed E-state index contributed by atoms with van der Waals surface area (Å²) in [5, 5.41) is 0. The van der Waals surface area contributed by atoms with Crippen LogP contribution < -0.4 is 5.73 Å². The van der Waals surface area contributed by atoms with E-state index < -0.39 is 18.1 Å². The largest absolute Gasteiger partial charge is 0.469 e. The molecule has 16 heavy (non-hydrogen) atoms. The summed E-state index contributed by atoms with van der Waals surface area (Å²) in [5.74, 6) is 0.340. The molecule has 2 N–H and O–H groups in total. The van der Waals surface area contributed by atoms with Gasteiger partial charge in [-0.2, -0.15) is 0 Å². The predicted octanol–water partition coefficient (Wildman–Crippen LogP) is 0.986. The van der Waals surface area contributed by atoms with Gasteiger partial charge in [-0.05, 0) is 13.0 Å². The molecule has 1 aliphatic rings. The maximum atomic E-state index is 13.2. The minimum atomic E-state index is -0.968. The van der Waals surface area contributed by atoms with Crippen LogP contribution in [0.3, 0.4) is 0 Å². The number of primary amides is 1. The van der Waals surface area contributed by atoms with E-state index in [1.807, 2.05) is 13.0 Å². The van der Waals surface area contributed by atoms with Gasteiger partial charge < -0.3 is 10.2 Å². The van der Waals surface area contributed by atoms with Gasteiger partial charge in [0, 0.05) is 25.1 Å². The third kappa shape index (κ3) is 2.09. The van der Waals surface area contributed by atoms with Gasteiger partial charge in [-0.25, -0.2) is 4.39 Å². The third-order valence-corrected chi connectivity index (χ3v) is 3.02. The average Bonchev–Trinajstić information content (AvgIpc) is 2.75. The predicted molar refractivity (Wildman–Crippen MR) is 56.4 cm³/mol. The maximum absolute atomic E-state index is 13.2. The molecule has 0 radical (unpaired) electrons. The normalized spacial score (nSPS) is 26.1. The standard InChI is InChI=1S/C11H15FN2O2/c1-7-8(2-3-16-7)5-14-6-9(12)4-10(14)11(13)15/h2-3,9-10H,4-6H2,1H3,(H2,13,15)/t9-,10+/m1/s1. The Hall–Kier alpha value is -1.36. The summed E-state index contributed by atoms with van der Waals surface area (Å²) in [6.45, 7) is 2.62. The zero-order valence-corrected chi connectivity index (χ0v) is 9.15. The Morgan fingerprint density at radius 2 is 2.50 bits per heavy atom. The van der Waals surface area contributed by atoms with Crippen molar-refractivity contribution in [3.63, 3.8) is 0 Å². The molecule has 0 spiro atoms. The Balaban J connectivity index is 2.09. The molecule has 2 atom stereocenters. The molecule has 2 heterocycles. The SMILES string of the molecule is Cc1occc1CN1C[C@H](F)C[C@H]1C(N)=O. The fraction of sp³-hybridized carbons (Fsp3) is 0.545. The number of carbonyl (C=O) groups is 1. The number of hydrogen-bond acceptors (Lipinski definition) is 3. The molecule has 1 aromatic heterocycles. The van der Waals surface area contributed by atoms with Gasteiger partial charge in [0.15, 0.2) is 0 Å². The fourth-order valence-electron chi connectivity index (χ4n) is 2.11. The number of aryl methyl sites for hydroxylation is 1. The van der Waals surface area contributed by atoms with Gasteiger partial charge in [0.05, 0.1) is 12.3 Å². The number of amides is 1. The smallest absolute Gasteiger partial charge is 0.234 e. The van der Waals surface area contributed by atoms with E-state index in [1.54, 1.807) is 11.2 Å². The summed E-state index contributed by atoms with van der Waals surface area (Å²) in [6.07, 6.45) is 0.823. The van der Waals surface area contributed by atoms with E-state index in [4.69, 9.17) is 10.2 Å². The molecule has 4 nitrogen and oxygen atoms in total. The van der Waals surface area contributed by atoms with Gasteiger partial charge in [-0.15, -0.1) is 0 Å². The van der Waals surface area contributed by atoms with Crippen molar-refractivity contribution in [1.82, 2.24) is 4.90 Å². The van der Waals surface area contributed by atoms with Gasteiger partial charge in [-0.3, -0.25) is 9.69 Å². The zero-order chi connectivity index (χ0) is 11.7. The van der Waals surface area contributed by atoms with Crippen molar-refractivity contribution in [3.05, 3.63) is 23.7 Å². The Labute approximate surface area is 93.2 Å². The number of likely N-dealkylation sites (tertiary alicyclic amines) is 1. The highest BCUT2D eigenvalue weighted by molar-refractivity contribution is 5.80. The first-order valence-electron chi connectivity index (χ1n) is 5.28. The van der Waals surface area contributed by atoms with Crippen LogP contribution in [0.2, 0.25) is 0 Å². The lowest BCUT2D eigenvalue weighted by atomic mass is 10.2. The number of nitrogens with two attached hydrogens (primary N) is 1. The number of carbonyl (C=O) groups excluding carboxylic acids is 1. The lowest BCUT2D eigenvalue weighted by Gasteiger charge is -2.20. The quantitative estimate of drug-likeness (QED) is 0.836. The second kappa shape index (κ2) is 4.25. The summed E-state index contributed by atoms with van der Waals surface area (Å²) in [7, 11) is 0. The van der Waals surface area contributed by atoms with Crippen molar-refractivity contribution in [2.45, 2.75) is 32.1 Å². The second-order valence-electron chi connectivity index (χ2n) is 4.18. The number of hydrogen-bond donors (Lipinski definition) is 1. The van der Waals surface area contributed by atoms with Crippen LogP contribution in [0, 0.1) is 6.92 Å². The lowest BCUT2D eigenvalue weighted by Crippen LogP contribution is -2.39. The number of furan rings is 1. The zero-order valence-electron chi connectivity index (χ0n) is 9.15. The molecule has 1 aromatic rings. The van der Waals surface area contributed by atoms with Gasteiger partial charge in [0.2, 0.25) is 5.91 Å². The van der Waals surface area contributed by atoms with Crippen molar-refractivity contribution in [2.24, 2.45) is 5.73 Å². The number of alkyl halides is 1. The fourth-order valence-corrected chi connectivity index (χ4v) is 2.11. The molecule has 0 bridgehead atoms. The van der Waals surface area contributed by atoms with Crippen molar-refractivity contribution >= 4 is 5.91 Å². The Bertz CT molecular complexity index is 391. The van der Waals surface area contributed by atoms with Crippen LogP contribution in [0.1, 0.15) is 17.7 Å². The summed E-state index contributed by atoms with van der Waals surface area (Å²) >= 11 is 0. The van der Waals surface area contributed by atoms with E-state index in [9.17, 15) is 9.18 Å². The highest BCUT2D eigenvalue weighted by Crippen LogP contribution is 2.23. The second-order valence-corrected chi connectivity index (χ2v) is 4.18. The first-order valence-corrected chi connectivity index (χ1v) is 5.28. The topological polar surface area (TPSA) is 59.5 Å². The molecule has 1 fully saturated rings. The van der Waals surface area contributed by atoms with E-state index in [0.717, 1.165) is 11.3 Å². The molecule has 1 aliphatic heterocycles. The Kier molecular flexibility index (Phi) is 2.96. The van der Waals surface area contributed by atoms with Crippen LogP contribution in [0.5, 0.6) is 0 Å². The van der Waals surface area contributed by atoms with Gasteiger partial charge in [-0.1, -0.05) is 0 Å². The summed E-state index contributed by atoms with van der Waals surface area (Å²) in [5.41, 5.74) is 6.22. The highest BCUT2D eigenvalue weighted by atomic mass is 19.1. The Morgan fingerprint density at radius 3 is 3.06 bits per heavy atom. The summed E-state index contributed by atoms with van der Waals surface area (Å²) < 4.78 is 18.4. The van der Waals surface area contributed by atoms with E-state index in [1.165, 1.54) is 0 Å². The first-order chi connectivity index (χ1) is 7.58. The average molecular weight is 226 g/mol. The van der Waals surface area contributed by atoms with Crippen molar-refractivity contribution in [3.8, 4) is 0 Å². The van der Waals surface area contributed by atoms with E-state index in [2.05, 4.69) is 0 Å². The van der Waals surface area contributed by atoms with Gasteiger partial charge >= 0.3 is 0 Å². The molecule has 5 heteroatoms. The van der Waals surface area contributed by atoms with Crippen LogP contribution in [-0.4, -0.2) is 29.6 Å². The molecule has 0 saturated carbocycles. The van der Waals surface area contributed by atoms with Crippen LogP contribution in [-0.2, 0) is 11.3 Å². The molecular weight excluding hydrogens is 211 g/mol. The van der Waals surface area contributed by atoms with Crippen LogP contribution in [0.25, 0.3) is 0 Å². The first kappa shape index (κ1) is 11.1. The van der Waals surface area contributed by atoms with Crippen LogP contribution in [0.4, 0.5) is 4.39 Å². The molecule has 0 aliphatic carbocycles. The molecule has 0 unspecified atom stereocenters. The number of halogens is 1. The van der Waals surface area contributed by atoms with Crippen molar-refractivity contribution in [1.29, 1.82) is 0 Å². The van der Waals surface area contributed by atoms with Crippen molar-refractivity contribution in [2.75, 3.05) is 6.54 Å². The summed E-state index contributed by atoms with van der Waals surface area (Å²) in [6, 6.07) is 1.34. The van der Waals surface area contributed by atoms with E-state index >= 15 is 0 Å². The Morgan fingerprint density at radius 1 is 1.75 bits per heavy atom. The molecule has 1 amide bonds. The molecule has 0 aromatic carbocycles. The molecular formula is C11H15FN2O2. The minimum absolute atomic E-state index is 0.201. The van der Waals surface area contributed by atoms with Gasteiger partial charge in [0.25, 0.3) is 0 Å². The molecule has 1 saturated heterocycles. The van der Waals surface area contributed by atoms with Crippen molar-refractivity contribution < 1.29 is 13.6 Å². The summed E-state index contributed by atoms with van der Waals surface area (Å²) in [4.78, 5) is 12.9. The monoisotopic (exact) mass is 226 g/mol.